The molecule has 650 valence electrons. The summed E-state index contributed by atoms with van der Waals surface area (Å²) in [6, 6.07) is 157. The summed E-state index contributed by atoms with van der Waals surface area (Å²) < 4.78 is 13.0. The minimum absolute atomic E-state index is 0.0124. The van der Waals surface area contributed by atoms with Crippen molar-refractivity contribution in [3.63, 3.8) is 0 Å². The van der Waals surface area contributed by atoms with Crippen LogP contribution in [0.3, 0.4) is 0 Å². The van der Waals surface area contributed by atoms with Crippen LogP contribution in [-0.2, 0) is 27.1 Å². The van der Waals surface area contributed by atoms with Crippen molar-refractivity contribution >= 4 is 34.1 Å². The molecule has 18 aromatic carbocycles. The van der Waals surface area contributed by atoms with Gasteiger partial charge in [-0.25, -0.2) is 0 Å². The Bertz CT molecular complexity index is 7350. The summed E-state index contributed by atoms with van der Waals surface area (Å²) >= 11 is 0. The molecule has 0 amide bonds. The van der Waals surface area contributed by atoms with Crippen molar-refractivity contribution in [3.8, 4) is 89.8 Å². The minimum atomic E-state index is -0.626. The van der Waals surface area contributed by atoms with E-state index in [1.165, 1.54) is 156 Å². The number of ether oxygens (including phenoxy) is 2. The molecule has 0 aromatic heterocycles. The van der Waals surface area contributed by atoms with Crippen molar-refractivity contribution < 1.29 is 9.47 Å². The summed E-state index contributed by atoms with van der Waals surface area (Å²) in [5.74, 6) is 4.35. The van der Waals surface area contributed by atoms with Gasteiger partial charge in [-0.2, -0.15) is 0 Å². The molecule has 0 bridgehead atoms. The van der Waals surface area contributed by atoms with Gasteiger partial charge in [-0.05, 0) is 309 Å². The highest BCUT2D eigenvalue weighted by Crippen LogP contribution is 2.62. The van der Waals surface area contributed by atoms with Crippen molar-refractivity contribution in [1.82, 2.24) is 0 Å². The Hall–Kier alpha value is -14.8. The SMILES string of the molecule is CCC(C)c1ccc(Oc2ccc(C3(c4ccc(C(C)(C)C)cc4)c4ccccc4-c4ccc(N(c5ccc(-c6ccccc6)cc5)c5ccc6c(c5)C(C)(C)c5ccccc5-6)cc43)cc2)cc1.CCC(C)c1ccc(Oc2ccc(C3(c4ccc(C)cc4)c4ccccc4-c4ccc(N(c5ccc(-c6ccccc6)cc5)c5ccc6c(c5)C(C)(C)c5ccccc5-6)cc43)cc2)cc1. The first-order valence-corrected chi connectivity index (χ1v) is 47.5. The second-order valence-corrected chi connectivity index (χ2v) is 39.1. The molecule has 0 heterocycles. The Labute approximate surface area is 786 Å². The highest BCUT2D eigenvalue weighted by molar-refractivity contribution is 5.94. The molecule has 0 N–H and O–H groups in total. The largest absolute Gasteiger partial charge is 0.457 e. The topological polar surface area (TPSA) is 24.9 Å². The van der Waals surface area contributed by atoms with E-state index in [0.29, 0.717) is 11.8 Å². The zero-order valence-electron chi connectivity index (χ0n) is 78.2. The quantitative estimate of drug-likeness (QED) is 0.0759. The summed E-state index contributed by atoms with van der Waals surface area (Å²) in [5, 5.41) is 0. The van der Waals surface area contributed by atoms with Gasteiger partial charge in [0.2, 0.25) is 0 Å². The maximum atomic E-state index is 6.54. The number of nitrogens with zero attached hydrogens (tertiary/aromatic N) is 2. The first kappa shape index (κ1) is 85.0. The normalized spacial score (nSPS) is 15.7. The Morgan fingerprint density at radius 2 is 0.504 bits per heavy atom. The number of benzene rings is 18. The number of rotatable bonds is 20. The second-order valence-electron chi connectivity index (χ2n) is 39.1. The van der Waals surface area contributed by atoms with Crippen LogP contribution in [0.1, 0.15) is 190 Å². The molecular weight excluding hydrogens is 1610 g/mol. The van der Waals surface area contributed by atoms with Gasteiger partial charge in [0, 0.05) is 45.0 Å². The van der Waals surface area contributed by atoms with Crippen molar-refractivity contribution in [2.75, 3.05) is 9.80 Å². The molecule has 18 aromatic rings. The zero-order chi connectivity index (χ0) is 91.1. The summed E-state index contributed by atoms with van der Waals surface area (Å²) in [6.07, 6.45) is 2.22. The predicted molar refractivity (Wildman–Crippen MR) is 557 cm³/mol. The van der Waals surface area contributed by atoms with E-state index >= 15 is 0 Å². The number of aryl methyl sites for hydroxylation is 1. The molecule has 22 rings (SSSR count). The molecule has 0 fully saturated rings. The Balaban J connectivity index is 0.000000160. The van der Waals surface area contributed by atoms with Gasteiger partial charge in [-0.15, -0.1) is 0 Å². The monoisotopic (exact) mass is 1720 g/mol. The van der Waals surface area contributed by atoms with Crippen LogP contribution < -0.4 is 19.3 Å². The summed E-state index contributed by atoms with van der Waals surface area (Å²) in [7, 11) is 0. The van der Waals surface area contributed by atoms with Crippen LogP contribution >= 0.6 is 0 Å². The molecule has 0 saturated carbocycles. The highest BCUT2D eigenvalue weighted by Gasteiger charge is 2.49. The lowest BCUT2D eigenvalue weighted by Crippen LogP contribution is -2.29. The average Bonchev–Trinajstić information content (AvgIpc) is 1.54. The Morgan fingerprint density at radius 3 is 0.835 bits per heavy atom. The summed E-state index contributed by atoms with van der Waals surface area (Å²) in [4.78, 5) is 4.93. The number of hydrogen-bond acceptors (Lipinski definition) is 4. The summed E-state index contributed by atoms with van der Waals surface area (Å²) in [6.45, 7) is 27.5. The molecule has 133 heavy (non-hydrogen) atoms. The van der Waals surface area contributed by atoms with E-state index in [2.05, 4.69) is 518 Å². The molecule has 4 atom stereocenters. The van der Waals surface area contributed by atoms with Gasteiger partial charge in [-0.1, -0.05) is 385 Å². The number of fused-ring (bicyclic) bond motifs is 12. The van der Waals surface area contributed by atoms with E-state index in [0.717, 1.165) is 70.0 Å². The van der Waals surface area contributed by atoms with Gasteiger partial charge < -0.3 is 19.3 Å². The van der Waals surface area contributed by atoms with E-state index in [9.17, 15) is 0 Å². The summed E-state index contributed by atoms with van der Waals surface area (Å²) in [5.41, 5.74) is 40.8. The van der Waals surface area contributed by atoms with Gasteiger partial charge in [-0.3, -0.25) is 0 Å². The van der Waals surface area contributed by atoms with Gasteiger partial charge in [0.15, 0.2) is 0 Å². The van der Waals surface area contributed by atoms with Crippen LogP contribution in [0, 0.1) is 6.92 Å². The molecule has 4 heteroatoms. The molecule has 0 aliphatic heterocycles. The smallest absolute Gasteiger partial charge is 0.127 e. The molecule has 0 radical (unpaired) electrons. The van der Waals surface area contributed by atoms with Crippen LogP contribution in [0.5, 0.6) is 23.0 Å². The minimum Gasteiger partial charge on any atom is -0.457 e. The molecule has 0 saturated heterocycles. The van der Waals surface area contributed by atoms with E-state index in [1.54, 1.807) is 0 Å². The highest BCUT2D eigenvalue weighted by atomic mass is 16.5. The molecular formula is C129H112N2O2. The number of hydrogen-bond donors (Lipinski definition) is 0. The van der Waals surface area contributed by atoms with E-state index in [1.807, 2.05) is 0 Å². The molecule has 0 spiro atoms. The van der Waals surface area contributed by atoms with Crippen LogP contribution in [0.2, 0.25) is 0 Å². The van der Waals surface area contributed by atoms with Gasteiger partial charge >= 0.3 is 0 Å². The maximum absolute atomic E-state index is 6.54. The third-order valence-electron chi connectivity index (χ3n) is 29.5. The molecule has 4 aliphatic carbocycles. The fourth-order valence-electron chi connectivity index (χ4n) is 21.9. The van der Waals surface area contributed by atoms with E-state index in [-0.39, 0.29) is 16.2 Å². The first-order chi connectivity index (χ1) is 64.7. The predicted octanol–water partition coefficient (Wildman–Crippen LogP) is 35.2. The van der Waals surface area contributed by atoms with Crippen molar-refractivity contribution in [3.05, 3.63) is 514 Å². The van der Waals surface area contributed by atoms with Crippen molar-refractivity contribution in [2.24, 2.45) is 0 Å². The van der Waals surface area contributed by atoms with Crippen molar-refractivity contribution in [2.45, 2.75) is 135 Å². The molecule has 4 unspecified atom stereocenters. The standard InChI is InChI=1S/C66H59NO.C63H53NO/c1-8-44(2)45-24-36-54(37-25-45)68-55-38-30-50(31-39-55)66(49-28-26-48(27-29-49)64(3,4)5)61-21-15-13-19-57(61)59-41-35-53(43-63(59)66)67(51-32-22-47(23-33-51)46-16-10-9-11-17-46)52-34-40-58-56-18-12-14-20-60(56)65(6,7)62(58)42-52;1-6-43(3)44-24-34-52(35-25-44)65-53-36-28-48(29-37-53)63(47-26-20-42(2)21-27-47)59-19-13-11-17-55(59)57-39-33-51(41-61(57)63)64(49-30-22-46(23-31-49)45-14-8-7-9-15-45)50-32-38-56-54-16-10-12-18-58(54)62(4,5)60(56)40-50/h9-44H,8H2,1-7H3;7-41,43H,6H2,1-5H3. The lowest BCUT2D eigenvalue weighted by molar-refractivity contribution is 0.481. The first-order valence-electron chi connectivity index (χ1n) is 47.5. The third kappa shape index (κ3) is 14.9. The van der Waals surface area contributed by atoms with Crippen LogP contribution in [0.25, 0.3) is 66.8 Å². The van der Waals surface area contributed by atoms with Crippen molar-refractivity contribution in [1.29, 1.82) is 0 Å². The average molecular weight is 1720 g/mol. The van der Waals surface area contributed by atoms with E-state index < -0.39 is 10.8 Å². The fourth-order valence-corrected chi connectivity index (χ4v) is 21.9. The van der Waals surface area contributed by atoms with E-state index in [4.69, 9.17) is 9.47 Å². The van der Waals surface area contributed by atoms with Gasteiger partial charge in [0.25, 0.3) is 0 Å². The maximum Gasteiger partial charge on any atom is 0.127 e. The third-order valence-corrected chi connectivity index (χ3v) is 29.5. The second kappa shape index (κ2) is 34.1. The van der Waals surface area contributed by atoms with Crippen LogP contribution in [0.4, 0.5) is 34.1 Å². The Kier molecular flexibility index (Phi) is 21.8. The van der Waals surface area contributed by atoms with Crippen LogP contribution in [-0.4, -0.2) is 0 Å². The van der Waals surface area contributed by atoms with Gasteiger partial charge in [0.1, 0.15) is 23.0 Å². The lowest BCUT2D eigenvalue weighted by Gasteiger charge is -2.35. The number of anilines is 6. The zero-order valence-corrected chi connectivity index (χ0v) is 78.2. The molecule has 4 aliphatic rings. The Morgan fingerprint density at radius 1 is 0.248 bits per heavy atom. The van der Waals surface area contributed by atoms with Gasteiger partial charge in [0.05, 0.1) is 10.8 Å². The lowest BCUT2D eigenvalue weighted by atomic mass is 9.67. The fraction of sp³-hybridized carbons (Fsp3) is 0.163. The van der Waals surface area contributed by atoms with Crippen LogP contribution in [0.15, 0.2) is 425 Å². The molecule has 4 nitrogen and oxygen atoms in total.